The van der Waals surface area contributed by atoms with E-state index in [2.05, 4.69) is 9.93 Å². The van der Waals surface area contributed by atoms with Crippen LogP contribution >= 0.6 is 0 Å². The molecule has 0 heterocycles. The van der Waals surface area contributed by atoms with Gasteiger partial charge in [-0.2, -0.15) is 13.5 Å². The molecule has 1 N–H and O–H groups in total. The number of nitrogens with zero attached hydrogens (tertiary/aromatic N) is 1. The fraction of sp³-hybridized carbons (Fsp3) is 0. The molecule has 3 aromatic carbocycles. The Hall–Kier alpha value is -2.66. The van der Waals surface area contributed by atoms with E-state index in [1.54, 1.807) is 18.2 Å². The van der Waals surface area contributed by atoms with Crippen molar-refractivity contribution in [2.45, 2.75) is 4.90 Å². The summed E-state index contributed by atoms with van der Waals surface area (Å²) in [5, 5.41) is 5.38. The summed E-state index contributed by atoms with van der Waals surface area (Å²) in [7, 11) is -3.70. The van der Waals surface area contributed by atoms with E-state index in [1.807, 2.05) is 54.6 Å². The van der Waals surface area contributed by atoms with E-state index in [0.717, 1.165) is 10.9 Å². The van der Waals surface area contributed by atoms with Gasteiger partial charge in [0.1, 0.15) is 0 Å². The van der Waals surface area contributed by atoms with E-state index in [-0.39, 0.29) is 4.90 Å². The van der Waals surface area contributed by atoms with Gasteiger partial charge in [0.05, 0.1) is 11.1 Å². The van der Waals surface area contributed by atoms with Gasteiger partial charge in [-0.25, -0.2) is 4.83 Å². The van der Waals surface area contributed by atoms with E-state index in [9.17, 15) is 8.42 Å². The minimum absolute atomic E-state index is 0.218. The van der Waals surface area contributed by atoms with Gasteiger partial charge < -0.3 is 0 Å². The molecule has 110 valence electrons. The van der Waals surface area contributed by atoms with Gasteiger partial charge in [0.15, 0.2) is 0 Å². The Labute approximate surface area is 129 Å². The summed E-state index contributed by atoms with van der Waals surface area (Å²) in [4.78, 5) is 2.48. The van der Waals surface area contributed by atoms with Gasteiger partial charge in [0, 0.05) is 5.39 Å². The van der Waals surface area contributed by atoms with Gasteiger partial charge in [0.25, 0.3) is 10.0 Å². The average Bonchev–Trinajstić information content (AvgIpc) is 2.55. The number of benzene rings is 3. The minimum atomic E-state index is -3.70. The predicted molar refractivity (Wildman–Crippen MR) is 88.3 cm³/mol. The van der Waals surface area contributed by atoms with E-state index in [1.165, 1.54) is 6.21 Å². The summed E-state index contributed by atoms with van der Waals surface area (Å²) in [5.41, 5.74) is 0.822. The van der Waals surface area contributed by atoms with Crippen LogP contribution in [0.4, 0.5) is 0 Å². The second kappa shape index (κ2) is 5.99. The van der Waals surface area contributed by atoms with Gasteiger partial charge in [-0.15, -0.1) is 0 Å². The summed E-state index contributed by atoms with van der Waals surface area (Å²) >= 11 is 0. The lowest BCUT2D eigenvalue weighted by Crippen LogP contribution is -2.18. The van der Waals surface area contributed by atoms with Crippen molar-refractivity contribution in [1.29, 1.82) is 0 Å². The fourth-order valence-electron chi connectivity index (χ4n) is 2.19. The highest BCUT2D eigenvalue weighted by atomic mass is 32.2. The lowest BCUT2D eigenvalue weighted by atomic mass is 10.1. The monoisotopic (exact) mass is 310 g/mol. The maximum atomic E-state index is 12.4. The highest BCUT2D eigenvalue weighted by Crippen LogP contribution is 2.22. The Balaban J connectivity index is 1.91. The molecule has 0 amide bonds. The zero-order chi connectivity index (χ0) is 15.4. The molecule has 0 spiro atoms. The topological polar surface area (TPSA) is 58.5 Å². The average molecular weight is 310 g/mol. The van der Waals surface area contributed by atoms with Gasteiger partial charge in [0.2, 0.25) is 0 Å². The van der Waals surface area contributed by atoms with Crippen LogP contribution in [0, 0.1) is 0 Å². The molecule has 3 aromatic rings. The molecule has 0 radical (unpaired) electrons. The Kier molecular flexibility index (Phi) is 3.89. The van der Waals surface area contributed by atoms with E-state index < -0.39 is 10.0 Å². The quantitative estimate of drug-likeness (QED) is 0.594. The molecule has 0 bridgehead atoms. The van der Waals surface area contributed by atoms with Gasteiger partial charge >= 0.3 is 0 Å². The van der Waals surface area contributed by atoms with Crippen molar-refractivity contribution in [3.05, 3.63) is 78.4 Å². The third-order valence-corrected chi connectivity index (χ3v) is 4.51. The van der Waals surface area contributed by atoms with Crippen molar-refractivity contribution < 1.29 is 8.42 Å². The number of fused-ring (bicyclic) bond motifs is 1. The highest BCUT2D eigenvalue weighted by Gasteiger charge is 2.15. The largest absolute Gasteiger partial charge is 0.277 e. The van der Waals surface area contributed by atoms with Crippen LogP contribution in [0.3, 0.4) is 0 Å². The van der Waals surface area contributed by atoms with E-state index in [4.69, 9.17) is 0 Å². The molecular formula is C17H14N2O2S. The Morgan fingerprint density at radius 1 is 0.818 bits per heavy atom. The second-order valence-electron chi connectivity index (χ2n) is 4.74. The number of hydrazone groups is 1. The molecule has 0 fully saturated rings. The summed E-state index contributed by atoms with van der Waals surface area (Å²) in [5.74, 6) is 0. The normalized spacial score (nSPS) is 11.8. The number of rotatable bonds is 4. The molecule has 0 saturated carbocycles. The Morgan fingerprint density at radius 2 is 1.50 bits per heavy atom. The highest BCUT2D eigenvalue weighted by molar-refractivity contribution is 7.89. The molecule has 0 saturated heterocycles. The predicted octanol–water partition coefficient (Wildman–Crippen LogP) is 3.15. The first-order valence-electron chi connectivity index (χ1n) is 6.74. The maximum Gasteiger partial charge on any atom is 0.277 e. The molecule has 3 rings (SSSR count). The molecule has 0 aliphatic rings. The first-order valence-corrected chi connectivity index (χ1v) is 8.23. The summed E-state index contributed by atoms with van der Waals surface area (Å²) in [6, 6.07) is 21.8. The van der Waals surface area contributed by atoms with E-state index in [0.29, 0.717) is 5.39 Å². The smallest absolute Gasteiger partial charge is 0.200 e. The molecule has 0 unspecified atom stereocenters. The third kappa shape index (κ3) is 2.99. The molecule has 22 heavy (non-hydrogen) atoms. The first-order chi connectivity index (χ1) is 10.7. The maximum absolute atomic E-state index is 12.4. The minimum Gasteiger partial charge on any atom is -0.200 e. The van der Waals surface area contributed by atoms with Crippen molar-refractivity contribution in [3.8, 4) is 0 Å². The van der Waals surface area contributed by atoms with Crippen LogP contribution in [0.25, 0.3) is 10.8 Å². The fourth-order valence-corrected chi connectivity index (χ4v) is 3.21. The number of nitrogens with one attached hydrogen (secondary N) is 1. The summed E-state index contributed by atoms with van der Waals surface area (Å²) in [6.07, 6.45) is 1.47. The standard InChI is InChI=1S/C17H14N2O2S/c20-22(21,19-18-13-14-7-2-1-3-8-14)17-12-6-10-15-9-4-5-11-16(15)17/h1-13,19H. The van der Waals surface area contributed by atoms with Crippen LogP contribution in [0.5, 0.6) is 0 Å². The molecule has 4 nitrogen and oxygen atoms in total. The zero-order valence-corrected chi connectivity index (χ0v) is 12.5. The van der Waals surface area contributed by atoms with Crippen molar-refractivity contribution in [1.82, 2.24) is 4.83 Å². The van der Waals surface area contributed by atoms with Crippen molar-refractivity contribution >= 4 is 27.0 Å². The Morgan fingerprint density at radius 3 is 2.32 bits per heavy atom. The van der Waals surface area contributed by atoms with Crippen molar-refractivity contribution in [2.75, 3.05) is 0 Å². The number of hydrogen-bond acceptors (Lipinski definition) is 3. The molecule has 5 heteroatoms. The lowest BCUT2D eigenvalue weighted by molar-refractivity contribution is 0.585. The molecular weight excluding hydrogens is 296 g/mol. The molecule has 0 atom stereocenters. The van der Waals surface area contributed by atoms with Crippen LogP contribution in [-0.2, 0) is 10.0 Å². The van der Waals surface area contributed by atoms with Gasteiger partial charge in [-0.1, -0.05) is 66.7 Å². The van der Waals surface area contributed by atoms with Crippen LogP contribution in [0.1, 0.15) is 5.56 Å². The summed E-state index contributed by atoms with van der Waals surface area (Å²) in [6.45, 7) is 0. The second-order valence-corrected chi connectivity index (χ2v) is 6.37. The van der Waals surface area contributed by atoms with Crippen LogP contribution in [0.2, 0.25) is 0 Å². The zero-order valence-electron chi connectivity index (χ0n) is 11.7. The van der Waals surface area contributed by atoms with Crippen LogP contribution < -0.4 is 4.83 Å². The van der Waals surface area contributed by atoms with Gasteiger partial charge in [-0.05, 0) is 17.0 Å². The van der Waals surface area contributed by atoms with Crippen LogP contribution in [0.15, 0.2) is 82.8 Å². The van der Waals surface area contributed by atoms with E-state index >= 15 is 0 Å². The molecule has 0 aliphatic carbocycles. The summed E-state index contributed by atoms with van der Waals surface area (Å²) < 4.78 is 24.8. The third-order valence-electron chi connectivity index (χ3n) is 3.23. The van der Waals surface area contributed by atoms with Crippen LogP contribution in [-0.4, -0.2) is 14.6 Å². The number of hydrogen-bond donors (Lipinski definition) is 1. The number of sulfonamides is 1. The molecule has 0 aromatic heterocycles. The first kappa shape index (κ1) is 14.3. The lowest BCUT2D eigenvalue weighted by Gasteiger charge is -2.07. The van der Waals surface area contributed by atoms with Crippen molar-refractivity contribution in [3.63, 3.8) is 0 Å². The Bertz CT molecular complexity index is 914. The SMILES string of the molecule is O=S(=O)(NN=Cc1ccccc1)c1cccc2ccccc12. The molecule has 0 aliphatic heterocycles. The van der Waals surface area contributed by atoms with Crippen molar-refractivity contribution in [2.24, 2.45) is 5.10 Å². The van der Waals surface area contributed by atoms with Gasteiger partial charge in [-0.3, -0.25) is 0 Å².